The quantitative estimate of drug-likeness (QED) is 0.658. The molecule has 0 radical (unpaired) electrons. The first-order valence-electron chi connectivity index (χ1n) is 9.88. The smallest absolute Gasteiger partial charge is 0.366 e. The normalized spacial score (nSPS) is 16.7. The van der Waals surface area contributed by atoms with E-state index in [0.717, 1.165) is 11.6 Å². The molecule has 0 saturated heterocycles. The molecule has 174 valence electrons. The number of aromatic nitrogens is 3. The van der Waals surface area contributed by atoms with Gasteiger partial charge in [0.2, 0.25) is 5.92 Å². The van der Waals surface area contributed by atoms with Gasteiger partial charge in [0.05, 0.1) is 28.8 Å². The van der Waals surface area contributed by atoms with Gasteiger partial charge in [0.25, 0.3) is 11.8 Å². The average molecular weight is 459 g/mol. The SMILES string of the molecule is Cc1ncc(NC(=O)c2c(C(F)(F)F)c(C)nn2CC2CCC(F)(F)CC2)cc1C(N)=O. The van der Waals surface area contributed by atoms with E-state index in [-0.39, 0.29) is 49.4 Å². The molecule has 0 spiro atoms. The van der Waals surface area contributed by atoms with Gasteiger partial charge in [-0.1, -0.05) is 0 Å². The molecule has 1 aliphatic rings. The molecule has 32 heavy (non-hydrogen) atoms. The van der Waals surface area contributed by atoms with Crippen molar-refractivity contribution in [3.63, 3.8) is 0 Å². The van der Waals surface area contributed by atoms with E-state index in [2.05, 4.69) is 15.4 Å². The molecule has 2 aromatic rings. The molecular formula is C20H22F5N5O2. The third-order valence-electron chi connectivity index (χ3n) is 5.50. The number of carbonyl (C=O) groups is 2. The lowest BCUT2D eigenvalue weighted by Gasteiger charge is -2.28. The maximum absolute atomic E-state index is 13.7. The van der Waals surface area contributed by atoms with Crippen molar-refractivity contribution in [2.45, 2.75) is 58.2 Å². The van der Waals surface area contributed by atoms with Crippen LogP contribution in [0.25, 0.3) is 0 Å². The zero-order valence-corrected chi connectivity index (χ0v) is 17.4. The number of halogens is 5. The zero-order valence-electron chi connectivity index (χ0n) is 17.4. The lowest BCUT2D eigenvalue weighted by Crippen LogP contribution is -2.29. The van der Waals surface area contributed by atoms with Crippen molar-refractivity contribution >= 4 is 17.5 Å². The molecule has 3 rings (SSSR count). The van der Waals surface area contributed by atoms with Crippen LogP contribution in [-0.4, -0.2) is 32.5 Å². The van der Waals surface area contributed by atoms with Crippen molar-refractivity contribution in [2.24, 2.45) is 11.7 Å². The predicted octanol–water partition coefficient (Wildman–Crippen LogP) is 4.09. The minimum Gasteiger partial charge on any atom is -0.366 e. The van der Waals surface area contributed by atoms with Gasteiger partial charge >= 0.3 is 6.18 Å². The van der Waals surface area contributed by atoms with Gasteiger partial charge in [0.15, 0.2) is 0 Å². The Hall–Kier alpha value is -3.05. The van der Waals surface area contributed by atoms with Crippen molar-refractivity contribution in [3.05, 3.63) is 40.5 Å². The molecule has 1 fully saturated rings. The van der Waals surface area contributed by atoms with E-state index in [0.29, 0.717) is 5.69 Å². The minimum atomic E-state index is -4.86. The highest BCUT2D eigenvalue weighted by molar-refractivity contribution is 6.05. The number of alkyl halides is 5. The predicted molar refractivity (Wildman–Crippen MR) is 104 cm³/mol. The maximum Gasteiger partial charge on any atom is 0.420 e. The molecule has 2 heterocycles. The van der Waals surface area contributed by atoms with Crippen molar-refractivity contribution in [2.75, 3.05) is 5.32 Å². The van der Waals surface area contributed by atoms with Gasteiger partial charge in [-0.15, -0.1) is 0 Å². The van der Waals surface area contributed by atoms with Gasteiger partial charge in [-0.2, -0.15) is 18.3 Å². The Bertz CT molecular complexity index is 1040. The number of pyridine rings is 1. The summed E-state index contributed by atoms with van der Waals surface area (Å²) in [5, 5.41) is 6.20. The monoisotopic (exact) mass is 459 g/mol. The molecule has 7 nitrogen and oxygen atoms in total. The van der Waals surface area contributed by atoms with E-state index in [1.807, 2.05) is 0 Å². The van der Waals surface area contributed by atoms with Gasteiger partial charge in [0, 0.05) is 19.4 Å². The summed E-state index contributed by atoms with van der Waals surface area (Å²) in [5.41, 5.74) is 3.20. The molecular weight excluding hydrogens is 437 g/mol. The van der Waals surface area contributed by atoms with Gasteiger partial charge in [0.1, 0.15) is 11.3 Å². The molecule has 2 aromatic heterocycles. The Morgan fingerprint density at radius 2 is 1.84 bits per heavy atom. The average Bonchev–Trinajstić information content (AvgIpc) is 3.01. The highest BCUT2D eigenvalue weighted by atomic mass is 19.4. The van der Waals surface area contributed by atoms with Crippen LogP contribution in [-0.2, 0) is 12.7 Å². The second-order valence-electron chi connectivity index (χ2n) is 7.96. The van der Waals surface area contributed by atoms with Crippen molar-refractivity contribution < 1.29 is 31.5 Å². The third kappa shape index (κ3) is 5.05. The fourth-order valence-electron chi connectivity index (χ4n) is 3.85. The molecule has 0 bridgehead atoms. The summed E-state index contributed by atoms with van der Waals surface area (Å²) >= 11 is 0. The first-order chi connectivity index (χ1) is 14.8. The number of carbonyl (C=O) groups excluding carboxylic acids is 2. The van der Waals surface area contributed by atoms with Crippen molar-refractivity contribution in [1.29, 1.82) is 0 Å². The molecule has 0 aliphatic heterocycles. The van der Waals surface area contributed by atoms with Crippen LogP contribution in [0.5, 0.6) is 0 Å². The van der Waals surface area contributed by atoms with Crippen LogP contribution in [0.4, 0.5) is 27.6 Å². The van der Waals surface area contributed by atoms with E-state index in [1.165, 1.54) is 19.2 Å². The van der Waals surface area contributed by atoms with Crippen LogP contribution in [0.1, 0.15) is 63.5 Å². The molecule has 3 N–H and O–H groups in total. The minimum absolute atomic E-state index is 0.00617. The van der Waals surface area contributed by atoms with Crippen molar-refractivity contribution in [3.8, 4) is 0 Å². The third-order valence-corrected chi connectivity index (χ3v) is 5.50. The number of amides is 2. The maximum atomic E-state index is 13.7. The summed E-state index contributed by atoms with van der Waals surface area (Å²) in [6.45, 7) is 2.54. The molecule has 0 aromatic carbocycles. The zero-order chi connectivity index (χ0) is 23.8. The largest absolute Gasteiger partial charge is 0.420 e. The first-order valence-corrected chi connectivity index (χ1v) is 9.88. The van der Waals surface area contributed by atoms with E-state index in [1.54, 1.807) is 0 Å². The van der Waals surface area contributed by atoms with Gasteiger partial charge in [-0.3, -0.25) is 19.3 Å². The fraction of sp³-hybridized carbons (Fsp3) is 0.500. The summed E-state index contributed by atoms with van der Waals surface area (Å²) in [7, 11) is 0. The van der Waals surface area contributed by atoms with E-state index in [4.69, 9.17) is 5.73 Å². The first kappa shape index (κ1) is 23.6. The van der Waals surface area contributed by atoms with Crippen LogP contribution in [0.15, 0.2) is 12.3 Å². The van der Waals surface area contributed by atoms with E-state index in [9.17, 15) is 31.5 Å². The Morgan fingerprint density at radius 3 is 2.41 bits per heavy atom. The van der Waals surface area contributed by atoms with Crippen LogP contribution in [0, 0.1) is 19.8 Å². The topological polar surface area (TPSA) is 103 Å². The molecule has 0 unspecified atom stereocenters. The molecule has 0 atom stereocenters. The Labute approximate surface area is 180 Å². The lowest BCUT2D eigenvalue weighted by molar-refractivity contribution is -0.138. The van der Waals surface area contributed by atoms with Crippen molar-refractivity contribution in [1.82, 2.24) is 14.8 Å². The number of primary amides is 1. The molecule has 2 amide bonds. The van der Waals surface area contributed by atoms with Gasteiger partial charge in [-0.05, 0) is 38.7 Å². The summed E-state index contributed by atoms with van der Waals surface area (Å²) in [5.74, 6) is -5.05. The second kappa shape index (κ2) is 8.47. The van der Waals surface area contributed by atoms with Crippen LogP contribution in [0.3, 0.4) is 0 Å². The number of nitrogens with one attached hydrogen (secondary N) is 1. The number of nitrogens with two attached hydrogens (primary N) is 1. The lowest BCUT2D eigenvalue weighted by atomic mass is 9.87. The summed E-state index contributed by atoms with van der Waals surface area (Å²) < 4.78 is 69.0. The number of anilines is 1. The summed E-state index contributed by atoms with van der Waals surface area (Å²) in [6.07, 6.45) is -4.19. The molecule has 12 heteroatoms. The second-order valence-corrected chi connectivity index (χ2v) is 7.96. The van der Waals surface area contributed by atoms with Gasteiger partial charge in [-0.25, -0.2) is 8.78 Å². The number of rotatable bonds is 5. The number of hydrogen-bond donors (Lipinski definition) is 2. The highest BCUT2D eigenvalue weighted by Gasteiger charge is 2.42. The van der Waals surface area contributed by atoms with Crippen LogP contribution < -0.4 is 11.1 Å². The van der Waals surface area contributed by atoms with Crippen LogP contribution >= 0.6 is 0 Å². The number of aryl methyl sites for hydroxylation is 2. The standard InChI is InChI=1S/C20H22F5N5O2/c1-10-14(17(26)31)7-13(8-27-10)28-18(32)16-15(20(23,24)25)11(2)29-30(16)9-12-3-5-19(21,22)6-4-12/h7-8,12H,3-6,9H2,1-2H3,(H2,26,31)(H,28,32). The van der Waals surface area contributed by atoms with E-state index < -0.39 is 40.9 Å². The summed E-state index contributed by atoms with van der Waals surface area (Å²) in [4.78, 5) is 28.3. The summed E-state index contributed by atoms with van der Waals surface area (Å²) in [6, 6.07) is 1.21. The molecule has 1 saturated carbocycles. The fourth-order valence-corrected chi connectivity index (χ4v) is 3.85. The van der Waals surface area contributed by atoms with E-state index >= 15 is 0 Å². The number of nitrogens with zero attached hydrogens (tertiary/aromatic N) is 3. The Morgan fingerprint density at radius 1 is 1.22 bits per heavy atom. The highest BCUT2D eigenvalue weighted by Crippen LogP contribution is 2.39. The van der Waals surface area contributed by atoms with Crippen LogP contribution in [0.2, 0.25) is 0 Å². The van der Waals surface area contributed by atoms with Gasteiger partial charge < -0.3 is 11.1 Å². The number of hydrogen-bond acceptors (Lipinski definition) is 4. The molecule has 1 aliphatic carbocycles. The Balaban J connectivity index is 1.94. The Kier molecular flexibility index (Phi) is 6.25.